The van der Waals surface area contributed by atoms with Crippen molar-refractivity contribution in [2.24, 2.45) is 0 Å². The SMILES string of the molecule is Cc1noc(C2CCN(C(=O)[C@H]3NCCO[C@@H]3C)CC2)n1. The molecule has 0 radical (unpaired) electrons. The predicted molar refractivity (Wildman–Crippen MR) is 74.8 cm³/mol. The molecule has 1 N–H and O–H groups in total. The van der Waals surface area contributed by atoms with Gasteiger partial charge in [0, 0.05) is 25.6 Å². The molecule has 0 saturated carbocycles. The number of carbonyl (C=O) groups excluding carboxylic acids is 1. The lowest BCUT2D eigenvalue weighted by Crippen LogP contribution is -2.57. The van der Waals surface area contributed by atoms with Crippen molar-refractivity contribution in [2.45, 2.75) is 44.8 Å². The number of likely N-dealkylation sites (tertiary alicyclic amines) is 1. The van der Waals surface area contributed by atoms with Crippen LogP contribution in [-0.4, -0.2) is 59.3 Å². The van der Waals surface area contributed by atoms with Gasteiger partial charge in [-0.3, -0.25) is 4.79 Å². The molecule has 3 heterocycles. The Morgan fingerprint density at radius 3 is 2.76 bits per heavy atom. The van der Waals surface area contributed by atoms with Crippen molar-refractivity contribution in [3.63, 3.8) is 0 Å². The highest BCUT2D eigenvalue weighted by Gasteiger charge is 2.34. The summed E-state index contributed by atoms with van der Waals surface area (Å²) >= 11 is 0. The second-order valence-corrected chi connectivity index (χ2v) is 5.79. The Morgan fingerprint density at radius 2 is 2.14 bits per heavy atom. The van der Waals surface area contributed by atoms with Gasteiger partial charge in [-0.2, -0.15) is 4.98 Å². The molecular weight excluding hydrogens is 272 g/mol. The van der Waals surface area contributed by atoms with Crippen LogP contribution in [0.1, 0.15) is 37.4 Å². The number of hydrogen-bond donors (Lipinski definition) is 1. The molecule has 3 rings (SSSR count). The van der Waals surface area contributed by atoms with Gasteiger partial charge in [0.15, 0.2) is 5.82 Å². The first-order chi connectivity index (χ1) is 10.1. The average molecular weight is 294 g/mol. The third-order valence-electron chi connectivity index (χ3n) is 4.28. The number of aryl methyl sites for hydroxylation is 1. The topological polar surface area (TPSA) is 80.5 Å². The first-order valence-electron chi connectivity index (χ1n) is 7.59. The molecule has 2 saturated heterocycles. The maximum Gasteiger partial charge on any atom is 0.242 e. The Balaban J connectivity index is 1.56. The number of amides is 1. The summed E-state index contributed by atoms with van der Waals surface area (Å²) in [6.07, 6.45) is 1.67. The summed E-state index contributed by atoms with van der Waals surface area (Å²) < 4.78 is 10.8. The third kappa shape index (κ3) is 3.08. The van der Waals surface area contributed by atoms with E-state index in [1.54, 1.807) is 0 Å². The molecule has 0 unspecified atom stereocenters. The second-order valence-electron chi connectivity index (χ2n) is 5.79. The molecule has 21 heavy (non-hydrogen) atoms. The fraction of sp³-hybridized carbons (Fsp3) is 0.786. The van der Waals surface area contributed by atoms with Gasteiger partial charge in [-0.1, -0.05) is 5.16 Å². The Kier molecular flexibility index (Phi) is 4.21. The normalized spacial score (nSPS) is 27.8. The van der Waals surface area contributed by atoms with E-state index in [1.165, 1.54) is 0 Å². The molecule has 1 aromatic heterocycles. The molecule has 0 aliphatic carbocycles. The number of piperidine rings is 1. The van der Waals surface area contributed by atoms with E-state index in [0.717, 1.165) is 32.5 Å². The lowest BCUT2D eigenvalue weighted by atomic mass is 9.96. The maximum atomic E-state index is 12.5. The van der Waals surface area contributed by atoms with E-state index in [9.17, 15) is 4.79 Å². The lowest BCUT2D eigenvalue weighted by Gasteiger charge is -2.36. The largest absolute Gasteiger partial charge is 0.375 e. The lowest BCUT2D eigenvalue weighted by molar-refractivity contribution is -0.140. The van der Waals surface area contributed by atoms with E-state index in [4.69, 9.17) is 9.26 Å². The van der Waals surface area contributed by atoms with E-state index in [-0.39, 0.29) is 24.0 Å². The van der Waals surface area contributed by atoms with Crippen LogP contribution in [0.15, 0.2) is 4.52 Å². The molecule has 2 aliphatic rings. The van der Waals surface area contributed by atoms with Crippen LogP contribution in [0, 0.1) is 6.92 Å². The Bertz CT molecular complexity index is 496. The molecule has 2 aliphatic heterocycles. The number of ether oxygens (including phenoxy) is 1. The monoisotopic (exact) mass is 294 g/mol. The van der Waals surface area contributed by atoms with Crippen LogP contribution in [0.3, 0.4) is 0 Å². The van der Waals surface area contributed by atoms with Crippen molar-refractivity contribution >= 4 is 5.91 Å². The minimum atomic E-state index is -0.221. The highest BCUT2D eigenvalue weighted by molar-refractivity contribution is 5.82. The van der Waals surface area contributed by atoms with Crippen molar-refractivity contribution in [3.8, 4) is 0 Å². The summed E-state index contributed by atoms with van der Waals surface area (Å²) in [5.41, 5.74) is 0. The van der Waals surface area contributed by atoms with Gasteiger partial charge in [0.05, 0.1) is 12.7 Å². The van der Waals surface area contributed by atoms with E-state index < -0.39 is 0 Å². The van der Waals surface area contributed by atoms with Crippen molar-refractivity contribution in [1.82, 2.24) is 20.4 Å². The number of carbonyl (C=O) groups is 1. The smallest absolute Gasteiger partial charge is 0.242 e. The Labute approximate surface area is 124 Å². The molecule has 116 valence electrons. The van der Waals surface area contributed by atoms with E-state index in [0.29, 0.717) is 18.3 Å². The molecule has 0 spiro atoms. The summed E-state index contributed by atoms with van der Waals surface area (Å²) in [5, 5.41) is 7.09. The number of aromatic nitrogens is 2. The highest BCUT2D eigenvalue weighted by Crippen LogP contribution is 2.27. The minimum Gasteiger partial charge on any atom is -0.375 e. The van der Waals surface area contributed by atoms with Gasteiger partial charge in [0.25, 0.3) is 0 Å². The van der Waals surface area contributed by atoms with Crippen molar-refractivity contribution < 1.29 is 14.1 Å². The Hall–Kier alpha value is -1.47. The summed E-state index contributed by atoms with van der Waals surface area (Å²) in [7, 11) is 0. The van der Waals surface area contributed by atoms with Crippen LogP contribution in [0.4, 0.5) is 0 Å². The maximum absolute atomic E-state index is 12.5. The van der Waals surface area contributed by atoms with E-state index in [1.807, 2.05) is 18.7 Å². The van der Waals surface area contributed by atoms with Crippen LogP contribution < -0.4 is 5.32 Å². The number of nitrogens with one attached hydrogen (secondary N) is 1. The van der Waals surface area contributed by atoms with Gasteiger partial charge in [-0.15, -0.1) is 0 Å². The standard InChI is InChI=1S/C14H22N4O3/c1-9-12(15-5-8-20-9)14(19)18-6-3-11(4-7-18)13-16-10(2)17-21-13/h9,11-12,15H,3-8H2,1-2H3/t9-,12+/m1/s1. The molecule has 1 aromatic rings. The van der Waals surface area contributed by atoms with Crippen molar-refractivity contribution in [1.29, 1.82) is 0 Å². The molecular formula is C14H22N4O3. The van der Waals surface area contributed by atoms with Crippen molar-refractivity contribution in [2.75, 3.05) is 26.2 Å². The zero-order valence-electron chi connectivity index (χ0n) is 12.5. The van der Waals surface area contributed by atoms with Crippen LogP contribution in [-0.2, 0) is 9.53 Å². The zero-order valence-corrected chi connectivity index (χ0v) is 12.5. The molecule has 1 amide bonds. The summed E-state index contributed by atoms with van der Waals surface area (Å²) in [4.78, 5) is 18.8. The average Bonchev–Trinajstić information content (AvgIpc) is 2.94. The predicted octanol–water partition coefficient (Wildman–Crippen LogP) is 0.461. The fourth-order valence-corrected chi connectivity index (χ4v) is 3.03. The van der Waals surface area contributed by atoms with Gasteiger partial charge in [-0.25, -0.2) is 0 Å². The molecule has 7 heteroatoms. The summed E-state index contributed by atoms with van der Waals surface area (Å²) in [6, 6.07) is -0.221. The summed E-state index contributed by atoms with van der Waals surface area (Å²) in [5.74, 6) is 1.78. The minimum absolute atomic E-state index is 0.0671. The van der Waals surface area contributed by atoms with Gasteiger partial charge < -0.3 is 19.5 Å². The number of nitrogens with zero attached hydrogens (tertiary/aromatic N) is 3. The first-order valence-corrected chi connectivity index (χ1v) is 7.59. The van der Waals surface area contributed by atoms with Gasteiger partial charge in [-0.05, 0) is 26.7 Å². The summed E-state index contributed by atoms with van der Waals surface area (Å²) in [6.45, 7) is 6.64. The molecule has 2 atom stereocenters. The van der Waals surface area contributed by atoms with E-state index >= 15 is 0 Å². The first kappa shape index (κ1) is 14.5. The van der Waals surface area contributed by atoms with Crippen LogP contribution in [0.2, 0.25) is 0 Å². The zero-order chi connectivity index (χ0) is 14.8. The Morgan fingerprint density at radius 1 is 1.38 bits per heavy atom. The highest BCUT2D eigenvalue weighted by atomic mass is 16.5. The van der Waals surface area contributed by atoms with Gasteiger partial charge in [0.1, 0.15) is 6.04 Å². The number of hydrogen-bond acceptors (Lipinski definition) is 6. The molecule has 0 bridgehead atoms. The third-order valence-corrected chi connectivity index (χ3v) is 4.28. The quantitative estimate of drug-likeness (QED) is 0.853. The number of rotatable bonds is 2. The van der Waals surface area contributed by atoms with Crippen LogP contribution in [0.5, 0.6) is 0 Å². The van der Waals surface area contributed by atoms with Gasteiger partial charge >= 0.3 is 0 Å². The number of morpholine rings is 1. The fourth-order valence-electron chi connectivity index (χ4n) is 3.03. The molecule has 2 fully saturated rings. The molecule has 7 nitrogen and oxygen atoms in total. The van der Waals surface area contributed by atoms with Crippen molar-refractivity contribution in [3.05, 3.63) is 11.7 Å². The van der Waals surface area contributed by atoms with E-state index in [2.05, 4.69) is 15.5 Å². The van der Waals surface area contributed by atoms with Crippen LogP contribution >= 0.6 is 0 Å². The molecule has 0 aromatic carbocycles. The van der Waals surface area contributed by atoms with Gasteiger partial charge in [0.2, 0.25) is 11.8 Å². The van der Waals surface area contributed by atoms with Crippen LogP contribution in [0.25, 0.3) is 0 Å². The second kappa shape index (κ2) is 6.11.